The predicted molar refractivity (Wildman–Crippen MR) is 90.6 cm³/mol. The number of esters is 2. The molecular formula is C18H16N2O4. The number of benzene rings is 1. The summed E-state index contributed by atoms with van der Waals surface area (Å²) in [4.78, 5) is 23.4. The van der Waals surface area contributed by atoms with Gasteiger partial charge in [0.25, 0.3) is 0 Å². The molecule has 122 valence electrons. The van der Waals surface area contributed by atoms with Crippen LogP contribution in [0.5, 0.6) is 0 Å². The third kappa shape index (κ3) is 2.81. The van der Waals surface area contributed by atoms with Crippen molar-refractivity contribution in [3.63, 3.8) is 0 Å². The van der Waals surface area contributed by atoms with E-state index in [1.807, 2.05) is 53.1 Å². The highest BCUT2D eigenvalue weighted by Crippen LogP contribution is 2.26. The second-order valence-corrected chi connectivity index (χ2v) is 5.07. The van der Waals surface area contributed by atoms with Crippen molar-refractivity contribution >= 4 is 34.0 Å². The van der Waals surface area contributed by atoms with Gasteiger partial charge in [0.05, 0.1) is 25.8 Å². The van der Waals surface area contributed by atoms with Crippen LogP contribution in [-0.2, 0) is 19.1 Å². The molecule has 0 aliphatic rings. The summed E-state index contributed by atoms with van der Waals surface area (Å²) in [5.41, 5.74) is 2.73. The van der Waals surface area contributed by atoms with Crippen LogP contribution in [-0.4, -0.2) is 30.6 Å². The second-order valence-electron chi connectivity index (χ2n) is 5.07. The van der Waals surface area contributed by atoms with Crippen LogP contribution in [0.4, 0.5) is 5.69 Å². The number of methoxy groups -OCH3 is 2. The zero-order valence-corrected chi connectivity index (χ0v) is 13.3. The standard InChI is InChI=1S/C18H16N2O4/c1-23-17(21)11-15(18(22)24-2)19-14-6-3-7-16-13(14)9-8-12-5-4-10-20(12)16/h3-11,19H,1-2H3/b15-11+. The Labute approximate surface area is 138 Å². The van der Waals surface area contributed by atoms with E-state index in [9.17, 15) is 9.59 Å². The molecule has 3 aromatic rings. The Kier molecular flexibility index (Phi) is 4.20. The van der Waals surface area contributed by atoms with Crippen LogP contribution in [0.1, 0.15) is 0 Å². The van der Waals surface area contributed by atoms with Gasteiger partial charge < -0.3 is 19.2 Å². The maximum absolute atomic E-state index is 11.9. The molecule has 24 heavy (non-hydrogen) atoms. The van der Waals surface area contributed by atoms with Crippen LogP contribution >= 0.6 is 0 Å². The van der Waals surface area contributed by atoms with Crippen LogP contribution in [0.25, 0.3) is 16.4 Å². The molecule has 0 atom stereocenters. The lowest BCUT2D eigenvalue weighted by Crippen LogP contribution is -2.15. The lowest BCUT2D eigenvalue weighted by atomic mass is 10.1. The molecule has 0 saturated heterocycles. The van der Waals surface area contributed by atoms with E-state index in [0.29, 0.717) is 5.69 Å². The number of rotatable bonds is 4. The number of anilines is 1. The van der Waals surface area contributed by atoms with Crippen LogP contribution in [0.15, 0.2) is 60.4 Å². The van der Waals surface area contributed by atoms with Crippen LogP contribution in [0, 0.1) is 0 Å². The Bertz CT molecular complexity index is 956. The number of fused-ring (bicyclic) bond motifs is 3. The molecule has 1 N–H and O–H groups in total. The normalized spacial score (nSPS) is 11.5. The van der Waals surface area contributed by atoms with Gasteiger partial charge in [-0.15, -0.1) is 0 Å². The van der Waals surface area contributed by atoms with E-state index in [1.165, 1.54) is 14.2 Å². The first-order chi connectivity index (χ1) is 11.6. The van der Waals surface area contributed by atoms with E-state index >= 15 is 0 Å². The molecule has 0 spiro atoms. The molecule has 3 rings (SSSR count). The first-order valence-corrected chi connectivity index (χ1v) is 7.28. The molecule has 0 fully saturated rings. The zero-order valence-electron chi connectivity index (χ0n) is 13.3. The Hall–Kier alpha value is -3.28. The van der Waals surface area contributed by atoms with Gasteiger partial charge in [-0.25, -0.2) is 9.59 Å². The molecular weight excluding hydrogens is 308 g/mol. The van der Waals surface area contributed by atoms with E-state index in [0.717, 1.165) is 22.5 Å². The summed E-state index contributed by atoms with van der Waals surface area (Å²) in [5, 5.41) is 3.87. The Balaban J connectivity index is 2.09. The first kappa shape index (κ1) is 15.6. The quantitative estimate of drug-likeness (QED) is 0.590. The third-order valence-corrected chi connectivity index (χ3v) is 3.68. The highest BCUT2D eigenvalue weighted by molar-refractivity contribution is 6.02. The molecule has 1 aromatic carbocycles. The van der Waals surface area contributed by atoms with Crippen LogP contribution < -0.4 is 5.32 Å². The molecule has 0 bridgehead atoms. The fraction of sp³-hybridized carbons (Fsp3) is 0.111. The van der Waals surface area contributed by atoms with Gasteiger partial charge in [0.1, 0.15) is 5.70 Å². The number of carbonyl (C=O) groups is 2. The van der Waals surface area contributed by atoms with Crippen LogP contribution in [0.2, 0.25) is 0 Å². The Morgan fingerprint density at radius 2 is 1.88 bits per heavy atom. The highest BCUT2D eigenvalue weighted by Gasteiger charge is 2.14. The lowest BCUT2D eigenvalue weighted by molar-refractivity contribution is -0.138. The summed E-state index contributed by atoms with van der Waals surface area (Å²) in [6.07, 6.45) is 3.03. The minimum Gasteiger partial charge on any atom is -0.466 e. The number of ether oxygens (including phenoxy) is 2. The predicted octanol–water partition coefficient (Wildman–Crippen LogP) is 2.73. The number of aromatic nitrogens is 1. The van der Waals surface area contributed by atoms with E-state index in [2.05, 4.69) is 10.1 Å². The number of carbonyl (C=O) groups excluding carboxylic acids is 2. The van der Waals surface area contributed by atoms with Crippen molar-refractivity contribution in [3.8, 4) is 0 Å². The van der Waals surface area contributed by atoms with Gasteiger partial charge in [0.2, 0.25) is 0 Å². The van der Waals surface area contributed by atoms with E-state index in [4.69, 9.17) is 4.74 Å². The second kappa shape index (κ2) is 6.45. The summed E-state index contributed by atoms with van der Waals surface area (Å²) in [6.45, 7) is 0. The molecule has 6 heteroatoms. The van der Waals surface area contributed by atoms with Crippen molar-refractivity contribution in [2.45, 2.75) is 0 Å². The fourth-order valence-corrected chi connectivity index (χ4v) is 2.54. The minimum atomic E-state index is -0.653. The summed E-state index contributed by atoms with van der Waals surface area (Å²) >= 11 is 0. The van der Waals surface area contributed by atoms with E-state index in [-0.39, 0.29) is 5.70 Å². The summed E-state index contributed by atoms with van der Waals surface area (Å²) in [7, 11) is 2.50. The SMILES string of the molecule is COC(=O)/C=C(/Nc1cccc2c1ccc1cccn12)C(=O)OC. The summed E-state index contributed by atoms with van der Waals surface area (Å²) < 4.78 is 11.3. The smallest absolute Gasteiger partial charge is 0.354 e. The molecule has 0 aliphatic heterocycles. The molecule has 2 aromatic heterocycles. The molecule has 0 unspecified atom stereocenters. The first-order valence-electron chi connectivity index (χ1n) is 7.28. The van der Waals surface area contributed by atoms with Gasteiger partial charge in [0.15, 0.2) is 0 Å². The topological polar surface area (TPSA) is 69.0 Å². The van der Waals surface area contributed by atoms with Gasteiger partial charge in [-0.3, -0.25) is 0 Å². The van der Waals surface area contributed by atoms with Crippen molar-refractivity contribution in [1.82, 2.24) is 4.40 Å². The molecule has 0 aliphatic carbocycles. The number of hydrogen-bond acceptors (Lipinski definition) is 5. The molecule has 0 radical (unpaired) electrons. The van der Waals surface area contributed by atoms with Crippen molar-refractivity contribution in [3.05, 3.63) is 60.4 Å². The van der Waals surface area contributed by atoms with Crippen molar-refractivity contribution < 1.29 is 19.1 Å². The van der Waals surface area contributed by atoms with Gasteiger partial charge in [-0.2, -0.15) is 0 Å². The largest absolute Gasteiger partial charge is 0.466 e. The Morgan fingerprint density at radius 3 is 2.62 bits per heavy atom. The monoisotopic (exact) mass is 324 g/mol. The Morgan fingerprint density at radius 1 is 1.04 bits per heavy atom. The van der Waals surface area contributed by atoms with Gasteiger partial charge in [-0.1, -0.05) is 6.07 Å². The van der Waals surface area contributed by atoms with Crippen LogP contribution in [0.3, 0.4) is 0 Å². The van der Waals surface area contributed by atoms with E-state index < -0.39 is 11.9 Å². The number of hydrogen-bond donors (Lipinski definition) is 1. The lowest BCUT2D eigenvalue weighted by Gasteiger charge is -2.12. The van der Waals surface area contributed by atoms with Crippen molar-refractivity contribution in [1.29, 1.82) is 0 Å². The minimum absolute atomic E-state index is 0.00412. The van der Waals surface area contributed by atoms with Gasteiger partial charge >= 0.3 is 11.9 Å². The highest BCUT2D eigenvalue weighted by atomic mass is 16.5. The molecule has 2 heterocycles. The van der Waals surface area contributed by atoms with Gasteiger partial charge in [0, 0.05) is 22.8 Å². The average Bonchev–Trinajstić information content (AvgIpc) is 3.09. The molecule has 0 amide bonds. The molecule has 0 saturated carbocycles. The maximum atomic E-state index is 11.9. The van der Waals surface area contributed by atoms with Crippen molar-refractivity contribution in [2.24, 2.45) is 0 Å². The fourth-order valence-electron chi connectivity index (χ4n) is 2.54. The van der Waals surface area contributed by atoms with Crippen molar-refractivity contribution in [2.75, 3.05) is 19.5 Å². The third-order valence-electron chi connectivity index (χ3n) is 3.68. The van der Waals surface area contributed by atoms with E-state index in [1.54, 1.807) is 0 Å². The summed E-state index contributed by atoms with van der Waals surface area (Å²) in [5.74, 6) is -1.30. The number of nitrogens with one attached hydrogen (secondary N) is 1. The number of pyridine rings is 1. The summed E-state index contributed by atoms with van der Waals surface area (Å²) in [6, 6.07) is 13.6. The zero-order chi connectivity index (χ0) is 17.1. The maximum Gasteiger partial charge on any atom is 0.354 e. The molecule has 6 nitrogen and oxygen atoms in total. The number of nitrogens with zero attached hydrogens (tertiary/aromatic N) is 1. The van der Waals surface area contributed by atoms with Gasteiger partial charge in [-0.05, 0) is 36.4 Å². The average molecular weight is 324 g/mol.